The summed E-state index contributed by atoms with van der Waals surface area (Å²) in [4.78, 5) is 27.4. The first-order valence-corrected chi connectivity index (χ1v) is 10.2. The van der Waals surface area contributed by atoms with Gasteiger partial charge in [-0.3, -0.25) is 14.5 Å². The van der Waals surface area contributed by atoms with Crippen molar-refractivity contribution in [2.24, 2.45) is 0 Å². The molecule has 1 amide bonds. The third kappa shape index (κ3) is 3.53. The number of anilines is 1. The number of hydrogen-bond donors (Lipinski definition) is 1. The summed E-state index contributed by atoms with van der Waals surface area (Å²) in [6, 6.07) is 12.8. The lowest BCUT2D eigenvalue weighted by Gasteiger charge is -2.23. The van der Waals surface area contributed by atoms with Gasteiger partial charge in [-0.2, -0.15) is 0 Å². The molecule has 2 heterocycles. The molecule has 0 spiro atoms. The average Bonchev–Trinajstić information content (AvgIpc) is 3.34. The van der Waals surface area contributed by atoms with Crippen molar-refractivity contribution in [1.29, 1.82) is 0 Å². The van der Waals surface area contributed by atoms with Gasteiger partial charge in [0.05, 0.1) is 25.8 Å². The lowest BCUT2D eigenvalue weighted by atomic mass is 9.95. The number of aryl methyl sites for hydroxylation is 1. The summed E-state index contributed by atoms with van der Waals surface area (Å²) < 4.78 is 10.7. The topological polar surface area (TPSA) is 102 Å². The number of ketones is 1. The van der Waals surface area contributed by atoms with Gasteiger partial charge < -0.3 is 14.6 Å². The van der Waals surface area contributed by atoms with E-state index in [0.29, 0.717) is 27.6 Å². The zero-order valence-corrected chi connectivity index (χ0v) is 17.8. The zero-order valence-electron chi connectivity index (χ0n) is 17.0. The fraction of sp³-hybridized carbons (Fsp3) is 0.182. The van der Waals surface area contributed by atoms with Crippen molar-refractivity contribution < 1.29 is 24.2 Å². The third-order valence-corrected chi connectivity index (χ3v) is 5.77. The highest BCUT2D eigenvalue weighted by Gasteiger charge is 2.48. The maximum atomic E-state index is 13.1. The molecule has 0 saturated carbocycles. The predicted molar refractivity (Wildman–Crippen MR) is 115 cm³/mol. The molecule has 0 radical (unpaired) electrons. The summed E-state index contributed by atoms with van der Waals surface area (Å²) in [5.41, 5.74) is 0.956. The Balaban J connectivity index is 1.96. The van der Waals surface area contributed by atoms with Crippen LogP contribution in [0.2, 0.25) is 0 Å². The van der Waals surface area contributed by atoms with Gasteiger partial charge in [0.1, 0.15) is 10.8 Å². The highest BCUT2D eigenvalue weighted by Crippen LogP contribution is 2.44. The maximum Gasteiger partial charge on any atom is 0.301 e. The number of aliphatic hydroxyl groups is 1. The second kappa shape index (κ2) is 8.19. The lowest BCUT2D eigenvalue weighted by molar-refractivity contribution is -0.132. The Kier molecular flexibility index (Phi) is 5.43. The van der Waals surface area contributed by atoms with Crippen molar-refractivity contribution in [1.82, 2.24) is 10.2 Å². The molecule has 9 heteroatoms. The second-order valence-electron chi connectivity index (χ2n) is 6.75. The van der Waals surface area contributed by atoms with Gasteiger partial charge in [-0.25, -0.2) is 0 Å². The second-order valence-corrected chi connectivity index (χ2v) is 7.91. The Morgan fingerprint density at radius 1 is 1.03 bits per heavy atom. The van der Waals surface area contributed by atoms with Gasteiger partial charge in [0.2, 0.25) is 5.13 Å². The highest BCUT2D eigenvalue weighted by molar-refractivity contribution is 7.15. The van der Waals surface area contributed by atoms with Crippen LogP contribution in [0.4, 0.5) is 5.13 Å². The molecule has 2 aromatic carbocycles. The first-order valence-electron chi connectivity index (χ1n) is 9.34. The highest BCUT2D eigenvalue weighted by atomic mass is 32.1. The molecule has 1 fully saturated rings. The number of carbonyl (C=O) groups excluding carboxylic acids is 2. The number of methoxy groups -OCH3 is 2. The van der Waals surface area contributed by atoms with E-state index in [-0.39, 0.29) is 16.5 Å². The monoisotopic (exact) mass is 437 g/mol. The summed E-state index contributed by atoms with van der Waals surface area (Å²) in [5, 5.41) is 20.0. The Morgan fingerprint density at radius 3 is 2.35 bits per heavy atom. The van der Waals surface area contributed by atoms with Gasteiger partial charge in [-0.05, 0) is 24.6 Å². The number of amides is 1. The first-order chi connectivity index (χ1) is 15.0. The minimum atomic E-state index is -0.910. The van der Waals surface area contributed by atoms with Crippen LogP contribution in [0, 0.1) is 6.92 Å². The Hall–Kier alpha value is -3.72. The summed E-state index contributed by atoms with van der Waals surface area (Å²) in [5.74, 6) is -0.915. The molecule has 1 unspecified atom stereocenters. The maximum absolute atomic E-state index is 13.1. The Bertz CT molecular complexity index is 1190. The smallest absolute Gasteiger partial charge is 0.301 e. The van der Waals surface area contributed by atoms with Crippen LogP contribution in [-0.2, 0) is 9.59 Å². The predicted octanol–water partition coefficient (Wildman–Crippen LogP) is 3.49. The molecule has 31 heavy (non-hydrogen) atoms. The summed E-state index contributed by atoms with van der Waals surface area (Å²) in [6.07, 6.45) is 0. The van der Waals surface area contributed by atoms with Crippen LogP contribution in [0.1, 0.15) is 22.2 Å². The Morgan fingerprint density at radius 2 is 1.74 bits per heavy atom. The van der Waals surface area contributed by atoms with E-state index in [9.17, 15) is 14.7 Å². The third-order valence-electron chi connectivity index (χ3n) is 4.94. The van der Waals surface area contributed by atoms with E-state index in [4.69, 9.17) is 9.47 Å². The van der Waals surface area contributed by atoms with Gasteiger partial charge in [-0.1, -0.05) is 47.7 Å². The van der Waals surface area contributed by atoms with Gasteiger partial charge >= 0.3 is 5.91 Å². The van der Waals surface area contributed by atoms with Crippen LogP contribution in [-0.4, -0.2) is 41.2 Å². The van der Waals surface area contributed by atoms with E-state index in [1.165, 1.54) is 30.5 Å². The van der Waals surface area contributed by atoms with Crippen LogP contribution in [0.25, 0.3) is 5.76 Å². The minimum absolute atomic E-state index is 0.0312. The molecule has 0 aliphatic carbocycles. The van der Waals surface area contributed by atoms with E-state index in [1.54, 1.807) is 55.5 Å². The van der Waals surface area contributed by atoms with Crippen LogP contribution < -0.4 is 14.4 Å². The number of ether oxygens (including phenoxy) is 2. The van der Waals surface area contributed by atoms with E-state index >= 15 is 0 Å². The summed E-state index contributed by atoms with van der Waals surface area (Å²) in [6.45, 7) is 1.76. The first kappa shape index (κ1) is 20.5. The molecule has 1 aliphatic heterocycles. The van der Waals surface area contributed by atoms with Gasteiger partial charge in [-0.15, -0.1) is 10.2 Å². The molecule has 8 nitrogen and oxygen atoms in total. The number of nitrogens with zero attached hydrogens (tertiary/aromatic N) is 3. The molecular weight excluding hydrogens is 418 g/mol. The van der Waals surface area contributed by atoms with Crippen molar-refractivity contribution in [3.05, 3.63) is 70.2 Å². The van der Waals surface area contributed by atoms with Crippen molar-refractivity contribution in [2.75, 3.05) is 19.1 Å². The molecule has 1 N–H and O–H groups in total. The van der Waals surface area contributed by atoms with Crippen molar-refractivity contribution in [2.45, 2.75) is 13.0 Å². The summed E-state index contributed by atoms with van der Waals surface area (Å²) in [7, 11) is 3.01. The van der Waals surface area contributed by atoms with Gasteiger partial charge in [0.15, 0.2) is 11.5 Å². The average molecular weight is 437 g/mol. The van der Waals surface area contributed by atoms with Gasteiger partial charge in [0.25, 0.3) is 5.78 Å². The van der Waals surface area contributed by atoms with Crippen LogP contribution in [0.15, 0.2) is 54.1 Å². The normalized spacial score (nSPS) is 17.8. The van der Waals surface area contributed by atoms with E-state index in [1.807, 2.05) is 0 Å². The quantitative estimate of drug-likeness (QED) is 0.370. The molecule has 1 atom stereocenters. The number of rotatable bonds is 5. The van der Waals surface area contributed by atoms with Crippen molar-refractivity contribution in [3.8, 4) is 11.5 Å². The standard InChI is InChI=1S/C22H19N3O5S/c1-12-23-24-22(31-12)25-18(14-9-10-15(29-2)16(11-14)30-3)17(20(27)21(25)28)19(26)13-7-5-4-6-8-13/h4-11,18,26H,1-3H3/b19-17+. The van der Waals surface area contributed by atoms with E-state index < -0.39 is 17.7 Å². The molecule has 0 bridgehead atoms. The fourth-order valence-electron chi connectivity index (χ4n) is 3.50. The number of benzene rings is 2. The lowest BCUT2D eigenvalue weighted by Crippen LogP contribution is -2.29. The summed E-state index contributed by atoms with van der Waals surface area (Å²) >= 11 is 1.19. The number of aromatic nitrogens is 2. The Labute approximate surface area is 182 Å². The van der Waals surface area contributed by atoms with Crippen molar-refractivity contribution in [3.63, 3.8) is 0 Å². The number of carbonyl (C=O) groups is 2. The van der Waals surface area contributed by atoms with Crippen LogP contribution >= 0.6 is 11.3 Å². The molecule has 1 aliphatic rings. The fourth-order valence-corrected chi connectivity index (χ4v) is 4.22. The molecule has 3 aromatic rings. The van der Waals surface area contributed by atoms with Crippen LogP contribution in [0.5, 0.6) is 11.5 Å². The molecule has 1 aromatic heterocycles. The molecule has 1 saturated heterocycles. The number of aliphatic hydroxyl groups excluding tert-OH is 1. The molecular formula is C22H19N3O5S. The SMILES string of the molecule is COc1ccc(C2/C(=C(\O)c3ccccc3)C(=O)C(=O)N2c2nnc(C)s2)cc1OC. The number of Topliss-reactive ketones (excluding diaryl/α,β-unsaturated/α-hetero) is 1. The largest absolute Gasteiger partial charge is 0.507 e. The number of hydrogen-bond acceptors (Lipinski definition) is 8. The molecule has 158 valence electrons. The van der Waals surface area contributed by atoms with E-state index in [0.717, 1.165) is 0 Å². The van der Waals surface area contributed by atoms with Crippen molar-refractivity contribution >= 4 is 33.9 Å². The van der Waals surface area contributed by atoms with Gasteiger partial charge in [0, 0.05) is 5.56 Å². The van der Waals surface area contributed by atoms with Crippen LogP contribution in [0.3, 0.4) is 0 Å². The minimum Gasteiger partial charge on any atom is -0.507 e. The zero-order chi connectivity index (χ0) is 22.1. The molecule has 4 rings (SSSR count). The van der Waals surface area contributed by atoms with E-state index in [2.05, 4.69) is 10.2 Å².